The first-order valence-corrected chi connectivity index (χ1v) is 6.09. The predicted octanol–water partition coefficient (Wildman–Crippen LogP) is 2.18. The quantitative estimate of drug-likeness (QED) is 0.809. The lowest BCUT2D eigenvalue weighted by Gasteiger charge is -2.30. The minimum Gasteiger partial charge on any atom is -0.371 e. The molecule has 1 aromatic rings. The number of primary amides is 1. The molecule has 0 aliphatic carbocycles. The number of nitrogens with zero attached hydrogens (tertiary/aromatic N) is 1. The molecule has 1 fully saturated rings. The zero-order valence-electron chi connectivity index (χ0n) is 9.93. The SMILES string of the molecule is NC(=O)/C=C/c1ccccc1N1CCCCC1. The lowest BCUT2D eigenvalue weighted by atomic mass is 10.1. The van der Waals surface area contributed by atoms with Crippen molar-refractivity contribution in [1.82, 2.24) is 0 Å². The second kappa shape index (κ2) is 5.53. The second-order valence-corrected chi connectivity index (χ2v) is 4.34. The fourth-order valence-electron chi connectivity index (χ4n) is 2.22. The van der Waals surface area contributed by atoms with Gasteiger partial charge in [0.15, 0.2) is 0 Å². The highest BCUT2D eigenvalue weighted by molar-refractivity contribution is 5.91. The standard InChI is InChI=1S/C14H18N2O/c15-14(17)9-8-12-6-2-3-7-13(12)16-10-4-1-5-11-16/h2-3,6-9H,1,4-5,10-11H2,(H2,15,17)/b9-8+. The van der Waals surface area contributed by atoms with Gasteiger partial charge in [-0.1, -0.05) is 18.2 Å². The molecular formula is C14H18N2O. The average Bonchev–Trinajstić information content (AvgIpc) is 2.38. The van der Waals surface area contributed by atoms with Crippen LogP contribution in [0.15, 0.2) is 30.3 Å². The van der Waals surface area contributed by atoms with Crippen LogP contribution in [-0.2, 0) is 4.79 Å². The Morgan fingerprint density at radius 3 is 2.59 bits per heavy atom. The number of rotatable bonds is 3. The Bertz CT molecular complexity index is 420. The highest BCUT2D eigenvalue weighted by Crippen LogP contribution is 2.24. The normalized spacial score (nSPS) is 16.4. The molecule has 0 aromatic heterocycles. The molecule has 0 radical (unpaired) electrons. The molecule has 3 nitrogen and oxygen atoms in total. The zero-order valence-corrected chi connectivity index (χ0v) is 9.93. The summed E-state index contributed by atoms with van der Waals surface area (Å²) < 4.78 is 0. The fourth-order valence-corrected chi connectivity index (χ4v) is 2.22. The van der Waals surface area contributed by atoms with Gasteiger partial charge in [-0.3, -0.25) is 4.79 Å². The van der Waals surface area contributed by atoms with Crippen LogP contribution in [0.25, 0.3) is 6.08 Å². The monoisotopic (exact) mass is 230 g/mol. The van der Waals surface area contributed by atoms with Crippen LogP contribution >= 0.6 is 0 Å². The summed E-state index contributed by atoms with van der Waals surface area (Å²) in [7, 11) is 0. The summed E-state index contributed by atoms with van der Waals surface area (Å²) in [6, 6.07) is 8.13. The van der Waals surface area contributed by atoms with E-state index < -0.39 is 5.91 Å². The van der Waals surface area contributed by atoms with Gasteiger partial charge in [-0.15, -0.1) is 0 Å². The number of nitrogens with two attached hydrogens (primary N) is 1. The van der Waals surface area contributed by atoms with E-state index in [2.05, 4.69) is 11.0 Å². The van der Waals surface area contributed by atoms with Crippen molar-refractivity contribution in [3.8, 4) is 0 Å². The van der Waals surface area contributed by atoms with Gasteiger partial charge in [-0.2, -0.15) is 0 Å². The number of hydrogen-bond donors (Lipinski definition) is 1. The first kappa shape index (κ1) is 11.7. The maximum absolute atomic E-state index is 10.8. The summed E-state index contributed by atoms with van der Waals surface area (Å²) in [4.78, 5) is 13.2. The lowest BCUT2D eigenvalue weighted by molar-refractivity contribution is -0.113. The van der Waals surface area contributed by atoms with Gasteiger partial charge in [0.2, 0.25) is 5.91 Å². The van der Waals surface area contributed by atoms with Crippen molar-refractivity contribution < 1.29 is 4.79 Å². The Morgan fingerprint density at radius 2 is 1.88 bits per heavy atom. The van der Waals surface area contributed by atoms with E-state index in [0.717, 1.165) is 18.7 Å². The summed E-state index contributed by atoms with van der Waals surface area (Å²) in [5, 5.41) is 0. The van der Waals surface area contributed by atoms with Crippen molar-refractivity contribution in [2.75, 3.05) is 18.0 Å². The fraction of sp³-hybridized carbons (Fsp3) is 0.357. The van der Waals surface area contributed by atoms with E-state index in [1.807, 2.05) is 18.2 Å². The maximum atomic E-state index is 10.8. The van der Waals surface area contributed by atoms with Crippen LogP contribution in [0, 0.1) is 0 Å². The molecule has 1 saturated heterocycles. The van der Waals surface area contributed by atoms with E-state index >= 15 is 0 Å². The van der Waals surface area contributed by atoms with Crippen molar-refractivity contribution in [2.45, 2.75) is 19.3 Å². The van der Waals surface area contributed by atoms with Gasteiger partial charge < -0.3 is 10.6 Å². The lowest BCUT2D eigenvalue weighted by Crippen LogP contribution is -2.29. The topological polar surface area (TPSA) is 46.3 Å². The zero-order chi connectivity index (χ0) is 12.1. The van der Waals surface area contributed by atoms with Gasteiger partial charge in [0.1, 0.15) is 0 Å². The number of para-hydroxylation sites is 1. The van der Waals surface area contributed by atoms with Crippen LogP contribution in [0.1, 0.15) is 24.8 Å². The van der Waals surface area contributed by atoms with Crippen LogP contribution < -0.4 is 10.6 Å². The van der Waals surface area contributed by atoms with Gasteiger partial charge >= 0.3 is 0 Å². The van der Waals surface area contributed by atoms with Crippen LogP contribution in [0.2, 0.25) is 0 Å². The number of piperidine rings is 1. The Morgan fingerprint density at radius 1 is 1.18 bits per heavy atom. The molecule has 1 aromatic carbocycles. The molecule has 0 spiro atoms. The van der Waals surface area contributed by atoms with Gasteiger partial charge in [0.25, 0.3) is 0 Å². The molecule has 2 N–H and O–H groups in total. The largest absolute Gasteiger partial charge is 0.371 e. The third-order valence-electron chi connectivity index (χ3n) is 3.06. The highest BCUT2D eigenvalue weighted by Gasteiger charge is 2.12. The second-order valence-electron chi connectivity index (χ2n) is 4.34. The molecule has 17 heavy (non-hydrogen) atoms. The summed E-state index contributed by atoms with van der Waals surface area (Å²) in [6.45, 7) is 2.20. The third-order valence-corrected chi connectivity index (χ3v) is 3.06. The van der Waals surface area contributed by atoms with E-state index in [-0.39, 0.29) is 0 Å². The Labute approximate surface area is 102 Å². The summed E-state index contributed by atoms with van der Waals surface area (Å²) in [6.07, 6.45) is 7.02. The molecular weight excluding hydrogens is 212 g/mol. The maximum Gasteiger partial charge on any atom is 0.241 e. The summed E-state index contributed by atoms with van der Waals surface area (Å²) in [5.41, 5.74) is 7.39. The van der Waals surface area contributed by atoms with Crippen molar-refractivity contribution in [2.24, 2.45) is 5.73 Å². The number of amides is 1. The number of benzene rings is 1. The smallest absolute Gasteiger partial charge is 0.241 e. The van der Waals surface area contributed by atoms with Crippen molar-refractivity contribution in [3.05, 3.63) is 35.9 Å². The number of anilines is 1. The first-order chi connectivity index (χ1) is 8.27. The van der Waals surface area contributed by atoms with E-state index in [0.29, 0.717) is 0 Å². The average molecular weight is 230 g/mol. The van der Waals surface area contributed by atoms with E-state index in [1.165, 1.54) is 31.0 Å². The molecule has 1 aliphatic rings. The molecule has 90 valence electrons. The Kier molecular flexibility index (Phi) is 3.81. The Hall–Kier alpha value is -1.77. The van der Waals surface area contributed by atoms with Crippen LogP contribution in [0.3, 0.4) is 0 Å². The van der Waals surface area contributed by atoms with Gasteiger partial charge in [-0.25, -0.2) is 0 Å². The predicted molar refractivity (Wildman–Crippen MR) is 70.7 cm³/mol. The van der Waals surface area contributed by atoms with E-state index in [9.17, 15) is 4.79 Å². The molecule has 1 amide bonds. The van der Waals surface area contributed by atoms with E-state index in [4.69, 9.17) is 5.73 Å². The number of carbonyl (C=O) groups is 1. The Balaban J connectivity index is 2.23. The van der Waals surface area contributed by atoms with E-state index in [1.54, 1.807) is 6.08 Å². The molecule has 0 atom stereocenters. The van der Waals surface area contributed by atoms with Crippen molar-refractivity contribution in [3.63, 3.8) is 0 Å². The summed E-state index contributed by atoms with van der Waals surface area (Å²) in [5.74, 6) is -0.404. The number of hydrogen-bond acceptors (Lipinski definition) is 2. The molecule has 0 unspecified atom stereocenters. The van der Waals surface area contributed by atoms with Crippen LogP contribution in [-0.4, -0.2) is 19.0 Å². The molecule has 0 bridgehead atoms. The van der Waals surface area contributed by atoms with Crippen LogP contribution in [0.4, 0.5) is 5.69 Å². The van der Waals surface area contributed by atoms with Gasteiger partial charge in [0, 0.05) is 24.9 Å². The number of carbonyl (C=O) groups excluding carboxylic acids is 1. The minimum absolute atomic E-state index is 0.404. The molecule has 3 heteroatoms. The molecule has 1 heterocycles. The van der Waals surface area contributed by atoms with Crippen molar-refractivity contribution >= 4 is 17.7 Å². The minimum atomic E-state index is -0.404. The highest BCUT2D eigenvalue weighted by atomic mass is 16.1. The molecule has 2 rings (SSSR count). The molecule has 1 aliphatic heterocycles. The summed E-state index contributed by atoms with van der Waals surface area (Å²) >= 11 is 0. The van der Waals surface area contributed by atoms with Gasteiger partial charge in [0.05, 0.1) is 0 Å². The first-order valence-electron chi connectivity index (χ1n) is 6.09. The third kappa shape index (κ3) is 3.09. The van der Waals surface area contributed by atoms with Gasteiger partial charge in [-0.05, 0) is 37.0 Å². The van der Waals surface area contributed by atoms with Crippen molar-refractivity contribution in [1.29, 1.82) is 0 Å². The molecule has 0 saturated carbocycles. The van der Waals surface area contributed by atoms with Crippen LogP contribution in [0.5, 0.6) is 0 Å².